The van der Waals surface area contributed by atoms with Gasteiger partial charge in [-0.1, -0.05) is 96.5 Å². The predicted molar refractivity (Wildman–Crippen MR) is 236 cm³/mol. The van der Waals surface area contributed by atoms with Crippen LogP contribution in [-0.4, -0.2) is 17.1 Å². The number of hydrogen-bond acceptors (Lipinski definition) is 3. The molecule has 426 valence electrons. The lowest BCUT2D eigenvalue weighted by Gasteiger charge is -2.46. The van der Waals surface area contributed by atoms with E-state index in [1.165, 1.54) is 0 Å². The first-order valence-corrected chi connectivity index (χ1v) is 22.1. The van der Waals surface area contributed by atoms with E-state index in [0.29, 0.717) is 17.3 Å². The standard InChI is InChI=1S/C32H12BF24.C18H14ClN2O2/c34-25(35,36)13-1-14(26(37,38)39)6-21(5-13)33(22-7-15(27(40,41)42)2-16(8-22)28(43,44)45,23-9-17(29(46,47)48)3-18(10-23)30(49,50)51)24-11-19(31(52,53)54)4-20(12-24)32(55,56)57;19-15-7-4-8-16(11-15)23-18(22)17-13-21(10-9-20-17)12-14-5-2-1-3-6-14/h1-12H;1-11,13H,12H2/q-1;+1. The van der Waals surface area contributed by atoms with Gasteiger partial charge in [0.05, 0.1) is 50.7 Å². The lowest BCUT2D eigenvalue weighted by Crippen LogP contribution is -2.75. The number of benzene rings is 6. The summed E-state index contributed by atoms with van der Waals surface area (Å²) in [6, 6.07) is 7.85. The molecule has 0 radical (unpaired) electrons. The van der Waals surface area contributed by atoms with Gasteiger partial charge in [0.2, 0.25) is 11.9 Å². The first kappa shape index (κ1) is 61.8. The third kappa shape index (κ3) is 14.7. The molecule has 0 saturated carbocycles. The third-order valence-electron chi connectivity index (χ3n) is 11.6. The molecule has 7 aromatic rings. The summed E-state index contributed by atoms with van der Waals surface area (Å²) in [5.74, 6) is -0.127. The van der Waals surface area contributed by atoms with Crippen molar-refractivity contribution in [1.29, 1.82) is 0 Å². The van der Waals surface area contributed by atoms with Crippen LogP contribution in [0.1, 0.15) is 60.6 Å². The Bertz CT molecular complexity index is 2940. The molecule has 0 saturated heterocycles. The Hall–Kier alpha value is -7.46. The highest BCUT2D eigenvalue weighted by Crippen LogP contribution is 2.41. The monoisotopic (exact) mass is 1190 g/mol. The molecule has 1 heterocycles. The quantitative estimate of drug-likeness (QED) is 0.0501. The van der Waals surface area contributed by atoms with Crippen LogP contribution in [0, 0.1) is 0 Å². The van der Waals surface area contributed by atoms with Crippen molar-refractivity contribution >= 4 is 45.6 Å². The van der Waals surface area contributed by atoms with Crippen molar-refractivity contribution in [3.8, 4) is 5.75 Å². The second kappa shape index (κ2) is 21.9. The van der Waals surface area contributed by atoms with Gasteiger partial charge in [-0.05, 0) is 42.5 Å². The largest absolute Gasteiger partial charge is 0.422 e. The van der Waals surface area contributed by atoms with Crippen molar-refractivity contribution in [3.63, 3.8) is 0 Å². The van der Waals surface area contributed by atoms with Crippen LogP contribution in [0.25, 0.3) is 0 Å². The van der Waals surface area contributed by atoms with Crippen molar-refractivity contribution < 1.29 is 119 Å². The molecule has 30 heteroatoms. The van der Waals surface area contributed by atoms with E-state index in [4.69, 9.17) is 16.3 Å². The lowest BCUT2D eigenvalue weighted by molar-refractivity contribution is -0.689. The van der Waals surface area contributed by atoms with Gasteiger partial charge in [0.15, 0.2) is 12.7 Å². The van der Waals surface area contributed by atoms with Crippen molar-refractivity contribution in [1.82, 2.24) is 4.98 Å². The summed E-state index contributed by atoms with van der Waals surface area (Å²) < 4.78 is 348. The Morgan fingerprint density at radius 2 is 0.738 bits per heavy atom. The molecule has 80 heavy (non-hydrogen) atoms. The SMILES string of the molecule is FC(F)(F)c1cc([B-](c2cc(C(F)(F)F)cc(C(F)(F)F)c2)(c2cc(C(F)(F)F)cc(C(F)(F)F)c2)c2cc(C(F)(F)F)cc(C(F)(F)F)c2)cc(C(F)(F)F)c1.O=C(Oc1cccc(Cl)c1)c1c[n+](Cc2ccccc2)ccn1. The molecular weight excluding hydrogens is 1160 g/mol. The summed E-state index contributed by atoms with van der Waals surface area (Å²) in [4.78, 5) is 16.3. The molecule has 4 nitrogen and oxygen atoms in total. The van der Waals surface area contributed by atoms with Crippen LogP contribution in [0.2, 0.25) is 5.02 Å². The Balaban J connectivity index is 0.000000370. The van der Waals surface area contributed by atoms with Gasteiger partial charge in [0.25, 0.3) is 0 Å². The Labute approximate surface area is 437 Å². The highest BCUT2D eigenvalue weighted by atomic mass is 35.5. The van der Waals surface area contributed by atoms with Gasteiger partial charge in [-0.3, -0.25) is 0 Å². The Morgan fingerprint density at radius 3 is 1.02 bits per heavy atom. The summed E-state index contributed by atoms with van der Waals surface area (Å²) in [6.07, 6.45) is -49.7. The van der Waals surface area contributed by atoms with Crippen LogP contribution in [0.3, 0.4) is 0 Å². The highest BCUT2D eigenvalue weighted by molar-refractivity contribution is 7.20. The number of nitrogens with zero attached hydrogens (tertiary/aromatic N) is 2. The molecule has 6 aromatic carbocycles. The van der Waals surface area contributed by atoms with Crippen LogP contribution in [-0.2, 0) is 56.0 Å². The fourth-order valence-corrected chi connectivity index (χ4v) is 8.37. The van der Waals surface area contributed by atoms with Gasteiger partial charge >= 0.3 is 55.4 Å². The second-order valence-electron chi connectivity index (χ2n) is 17.2. The molecule has 0 unspecified atom stereocenters. The first-order chi connectivity index (χ1) is 36.5. The maximum Gasteiger partial charge on any atom is 0.416 e. The molecule has 1 aromatic heterocycles. The summed E-state index contributed by atoms with van der Waals surface area (Å²) >= 11 is 5.88. The van der Waals surface area contributed by atoms with Gasteiger partial charge in [-0.25, -0.2) is 9.78 Å². The second-order valence-corrected chi connectivity index (χ2v) is 17.6. The number of rotatable bonds is 8. The molecule has 0 aliphatic rings. The van der Waals surface area contributed by atoms with Gasteiger partial charge in [-0.15, -0.1) is 0 Å². The average molecular weight is 1190 g/mol. The smallest absolute Gasteiger partial charge is 0.416 e. The molecular formula is C50H26BClF24N2O2. The van der Waals surface area contributed by atoms with Gasteiger partial charge in [0, 0.05) is 10.6 Å². The number of halogens is 25. The van der Waals surface area contributed by atoms with E-state index in [1.807, 2.05) is 41.1 Å². The minimum atomic E-state index is -6.13. The van der Waals surface area contributed by atoms with Crippen molar-refractivity contribution in [2.24, 2.45) is 0 Å². The van der Waals surface area contributed by atoms with E-state index in [-0.39, 0.29) is 5.69 Å². The minimum absolute atomic E-state index is 0.239. The molecule has 0 bridgehead atoms. The fraction of sp³-hybridized carbons (Fsp3) is 0.180. The number of aromatic nitrogens is 2. The zero-order valence-corrected chi connectivity index (χ0v) is 39.6. The van der Waals surface area contributed by atoms with Gasteiger partial charge in [0.1, 0.15) is 11.9 Å². The maximum atomic E-state index is 14.2. The van der Waals surface area contributed by atoms with E-state index in [9.17, 15) is 110 Å². The van der Waals surface area contributed by atoms with E-state index < -0.39 is 201 Å². The van der Waals surface area contributed by atoms with Gasteiger partial charge < -0.3 is 4.74 Å². The molecule has 0 N–H and O–H groups in total. The average Bonchev–Trinajstić information content (AvgIpc) is 3.33. The fourth-order valence-electron chi connectivity index (χ4n) is 8.19. The van der Waals surface area contributed by atoms with E-state index >= 15 is 0 Å². The lowest BCUT2D eigenvalue weighted by atomic mass is 9.12. The number of carbonyl (C=O) groups excluding carboxylic acids is 1. The zero-order valence-electron chi connectivity index (χ0n) is 38.8. The molecule has 0 amide bonds. The Morgan fingerprint density at radius 1 is 0.425 bits per heavy atom. The number of esters is 1. The molecule has 0 fully saturated rings. The normalized spacial score (nSPS) is 13.2. The Kier molecular flexibility index (Phi) is 16.9. The van der Waals surface area contributed by atoms with Crippen molar-refractivity contribution in [2.75, 3.05) is 0 Å². The van der Waals surface area contributed by atoms with Crippen LogP contribution in [0.15, 0.2) is 146 Å². The zero-order chi connectivity index (χ0) is 60.0. The third-order valence-corrected chi connectivity index (χ3v) is 11.9. The van der Waals surface area contributed by atoms with Crippen LogP contribution in [0.4, 0.5) is 105 Å². The molecule has 0 spiro atoms. The summed E-state index contributed by atoms with van der Waals surface area (Å²) in [5.41, 5.74) is -28.8. The number of hydrogen-bond donors (Lipinski definition) is 0. The van der Waals surface area contributed by atoms with E-state index in [0.717, 1.165) is 5.56 Å². The summed E-state index contributed by atoms with van der Waals surface area (Å²) in [7, 11) is 0. The molecule has 0 aliphatic carbocycles. The number of alkyl halides is 24. The first-order valence-electron chi connectivity index (χ1n) is 21.7. The van der Waals surface area contributed by atoms with E-state index in [1.54, 1.807) is 36.7 Å². The highest BCUT2D eigenvalue weighted by Gasteiger charge is 2.47. The van der Waals surface area contributed by atoms with Crippen LogP contribution < -0.4 is 31.2 Å². The number of carbonyl (C=O) groups is 1. The van der Waals surface area contributed by atoms with Crippen LogP contribution >= 0.6 is 11.6 Å². The summed E-state index contributed by atoms with van der Waals surface area (Å²) in [6.45, 7) is 0.654. The van der Waals surface area contributed by atoms with Crippen molar-refractivity contribution in [2.45, 2.75) is 56.0 Å². The summed E-state index contributed by atoms with van der Waals surface area (Å²) in [5, 5.41) is 0.510. The maximum absolute atomic E-state index is 14.2. The molecule has 7 rings (SSSR count). The molecule has 0 atom stereocenters. The van der Waals surface area contributed by atoms with Crippen LogP contribution in [0.5, 0.6) is 5.75 Å². The van der Waals surface area contributed by atoms with Crippen molar-refractivity contribution in [3.05, 3.63) is 207 Å². The number of ether oxygens (including phenoxy) is 1. The molecule has 0 aliphatic heterocycles. The topological polar surface area (TPSA) is 43.1 Å². The van der Waals surface area contributed by atoms with E-state index in [2.05, 4.69) is 4.98 Å². The minimum Gasteiger partial charge on any atom is -0.422 e. The predicted octanol–water partition coefficient (Wildman–Crippen LogP) is 14.5. The van der Waals surface area contributed by atoms with Gasteiger partial charge in [-0.2, -0.15) is 132 Å².